The largest absolute Gasteiger partial charge is 0.497 e. The van der Waals surface area contributed by atoms with Gasteiger partial charge in [-0.2, -0.15) is 0 Å². The molecule has 8 heteroatoms. The van der Waals surface area contributed by atoms with E-state index in [1.165, 1.54) is 33.2 Å². The number of thiazole rings is 1. The van der Waals surface area contributed by atoms with Gasteiger partial charge in [-0.25, -0.2) is 4.99 Å². The van der Waals surface area contributed by atoms with Crippen molar-refractivity contribution in [2.75, 3.05) is 14.2 Å². The highest BCUT2D eigenvalue weighted by molar-refractivity contribution is 14.1. The molecule has 1 aromatic heterocycles. The van der Waals surface area contributed by atoms with Gasteiger partial charge in [0.05, 0.1) is 34.1 Å². The number of nitrogens with zero attached hydrogens (tertiary/aromatic N) is 2. The fraction of sp³-hybridized carbons (Fsp3) is 0.150. The summed E-state index contributed by atoms with van der Waals surface area (Å²) in [5, 5.41) is 2.34. The monoisotopic (exact) mass is 762 g/mol. The van der Waals surface area contributed by atoms with E-state index >= 15 is 0 Å². The third kappa shape index (κ3) is 5.42. The summed E-state index contributed by atoms with van der Waals surface area (Å²) in [4.78, 5) is 20.1. The summed E-state index contributed by atoms with van der Waals surface area (Å²) in [5.41, 5.74) is 7.52. The maximum Gasteiger partial charge on any atom is 0.271 e. The topological polar surface area (TPSA) is 62.0 Å². The Kier molecular flexibility index (Phi) is 8.14. The fourth-order valence-corrected chi connectivity index (χ4v) is 8.57. The molecular weight excluding hydrogens is 731 g/mol. The number of aromatic nitrogens is 1. The molecular formula is C40H31IN2O4S. The van der Waals surface area contributed by atoms with Crippen molar-refractivity contribution in [1.29, 1.82) is 0 Å². The van der Waals surface area contributed by atoms with Crippen LogP contribution in [0.15, 0.2) is 118 Å². The second-order valence-corrected chi connectivity index (χ2v) is 14.0. The number of hydrogen-bond acceptors (Lipinski definition) is 6. The van der Waals surface area contributed by atoms with Crippen LogP contribution in [0.2, 0.25) is 0 Å². The van der Waals surface area contributed by atoms with E-state index in [0.29, 0.717) is 27.4 Å². The van der Waals surface area contributed by atoms with Gasteiger partial charge in [-0.05, 0) is 104 Å². The zero-order valence-corrected chi connectivity index (χ0v) is 29.4. The molecule has 1 aliphatic heterocycles. The molecule has 238 valence electrons. The number of halogens is 1. The first kappa shape index (κ1) is 30.7. The van der Waals surface area contributed by atoms with Crippen LogP contribution in [0, 0.1) is 3.57 Å². The lowest BCUT2D eigenvalue weighted by Gasteiger charge is -2.30. The maximum absolute atomic E-state index is 14.3. The third-order valence-corrected chi connectivity index (χ3v) is 10.9. The molecule has 6 aromatic rings. The first-order chi connectivity index (χ1) is 23.5. The van der Waals surface area contributed by atoms with Crippen LogP contribution in [0.3, 0.4) is 0 Å². The molecule has 0 bridgehead atoms. The number of fused-ring (bicyclic) bond motifs is 4. The molecule has 1 aliphatic carbocycles. The van der Waals surface area contributed by atoms with E-state index in [9.17, 15) is 4.79 Å². The van der Waals surface area contributed by atoms with Crippen LogP contribution >= 0.6 is 33.9 Å². The molecule has 0 unspecified atom stereocenters. The van der Waals surface area contributed by atoms with Crippen molar-refractivity contribution in [2.24, 2.45) is 4.99 Å². The van der Waals surface area contributed by atoms with Gasteiger partial charge in [-0.3, -0.25) is 9.36 Å². The summed E-state index contributed by atoms with van der Waals surface area (Å²) in [5.74, 6) is 2.07. The Morgan fingerprint density at radius 1 is 0.917 bits per heavy atom. The average molecular weight is 763 g/mol. The highest BCUT2D eigenvalue weighted by Gasteiger charge is 2.32. The summed E-state index contributed by atoms with van der Waals surface area (Å²) in [6.45, 7) is 0.408. The van der Waals surface area contributed by atoms with Crippen LogP contribution < -0.4 is 29.1 Å². The van der Waals surface area contributed by atoms with Gasteiger partial charge in [0.1, 0.15) is 12.4 Å². The summed E-state index contributed by atoms with van der Waals surface area (Å²) < 4.78 is 21.0. The van der Waals surface area contributed by atoms with Crippen LogP contribution in [0.25, 0.3) is 22.5 Å². The minimum atomic E-state index is -0.253. The standard InChI is InChI=1S/C40H31IN2O4S/c1-45-29-17-14-27(15-18-29)37-32-19-16-26-9-4-6-13-31(26)36(32)42-40-43(37)39(44)35(48-40)22-24-20-33(41)38(34(21-24)46-2)47-23-28-11-7-10-25-8-3-5-12-30(25)28/h3-15,17-18,20-22,37H,16,19,23H2,1-2H3/b35-22+/t37-/m1/s1. The highest BCUT2D eigenvalue weighted by atomic mass is 127. The van der Waals surface area contributed by atoms with Crippen LogP contribution in [-0.2, 0) is 13.0 Å². The quantitative estimate of drug-likeness (QED) is 0.157. The van der Waals surface area contributed by atoms with Crippen LogP contribution in [-0.4, -0.2) is 18.8 Å². The van der Waals surface area contributed by atoms with E-state index in [4.69, 9.17) is 19.2 Å². The second-order valence-electron chi connectivity index (χ2n) is 11.8. The number of rotatable bonds is 7. The highest BCUT2D eigenvalue weighted by Crippen LogP contribution is 2.41. The van der Waals surface area contributed by atoms with E-state index in [1.807, 2.05) is 47.0 Å². The molecule has 0 saturated carbocycles. The van der Waals surface area contributed by atoms with Crippen molar-refractivity contribution < 1.29 is 14.2 Å². The van der Waals surface area contributed by atoms with E-state index in [1.54, 1.807) is 14.2 Å². The van der Waals surface area contributed by atoms with E-state index < -0.39 is 0 Å². The van der Waals surface area contributed by atoms with Crippen LogP contribution in [0.4, 0.5) is 0 Å². The summed E-state index contributed by atoms with van der Waals surface area (Å²) in [7, 11) is 3.31. The van der Waals surface area contributed by atoms with Gasteiger partial charge in [0, 0.05) is 5.56 Å². The second kappa shape index (κ2) is 12.7. The van der Waals surface area contributed by atoms with E-state index in [2.05, 4.69) is 89.3 Å². The Balaban J connectivity index is 1.20. The van der Waals surface area contributed by atoms with Gasteiger partial charge in [0.15, 0.2) is 16.3 Å². The lowest BCUT2D eigenvalue weighted by molar-refractivity contribution is 0.283. The molecule has 0 fully saturated rings. The predicted octanol–water partition coefficient (Wildman–Crippen LogP) is 7.67. The smallest absolute Gasteiger partial charge is 0.271 e. The van der Waals surface area contributed by atoms with Crippen LogP contribution in [0.5, 0.6) is 17.2 Å². The van der Waals surface area contributed by atoms with Crippen molar-refractivity contribution in [3.05, 3.63) is 160 Å². The molecule has 2 heterocycles. The fourth-order valence-electron chi connectivity index (χ4n) is 6.79. The molecule has 1 atom stereocenters. The van der Waals surface area contributed by atoms with E-state index in [0.717, 1.165) is 50.1 Å². The van der Waals surface area contributed by atoms with E-state index in [-0.39, 0.29) is 11.6 Å². The molecule has 8 rings (SSSR count). The average Bonchev–Trinajstić information content (AvgIpc) is 3.43. The van der Waals surface area contributed by atoms with Crippen molar-refractivity contribution >= 4 is 56.5 Å². The van der Waals surface area contributed by atoms with Crippen molar-refractivity contribution in [2.45, 2.75) is 25.5 Å². The van der Waals surface area contributed by atoms with Gasteiger partial charge < -0.3 is 14.2 Å². The number of hydrogen-bond donors (Lipinski definition) is 0. The number of benzene rings is 5. The SMILES string of the molecule is COc1ccc([C@@H]2C3=C(N=c4s/c(=C/c5cc(I)c(OCc6cccc7ccccc67)c(OC)c5)c(=O)n42)c2ccccc2CC3)cc1. The molecule has 48 heavy (non-hydrogen) atoms. The maximum atomic E-state index is 14.3. The Hall–Kier alpha value is -4.67. The van der Waals surface area contributed by atoms with Gasteiger partial charge >= 0.3 is 0 Å². The molecule has 0 amide bonds. The normalized spacial score (nSPS) is 15.4. The Labute approximate surface area is 295 Å². The Morgan fingerprint density at radius 2 is 1.71 bits per heavy atom. The number of ether oxygens (including phenoxy) is 3. The molecule has 0 radical (unpaired) electrons. The molecule has 0 saturated heterocycles. The molecule has 6 nitrogen and oxygen atoms in total. The molecule has 0 N–H and O–H groups in total. The summed E-state index contributed by atoms with van der Waals surface area (Å²) in [6.07, 6.45) is 3.69. The summed E-state index contributed by atoms with van der Waals surface area (Å²) >= 11 is 3.70. The van der Waals surface area contributed by atoms with Gasteiger partial charge in [0.2, 0.25) is 0 Å². The lowest BCUT2D eigenvalue weighted by Crippen LogP contribution is -2.38. The lowest BCUT2D eigenvalue weighted by atomic mass is 9.83. The third-order valence-electron chi connectivity index (χ3n) is 9.11. The Bertz CT molecular complexity index is 2420. The Morgan fingerprint density at radius 3 is 2.54 bits per heavy atom. The predicted molar refractivity (Wildman–Crippen MR) is 200 cm³/mol. The zero-order chi connectivity index (χ0) is 32.8. The number of methoxy groups -OCH3 is 2. The first-order valence-electron chi connectivity index (χ1n) is 15.8. The number of aryl methyl sites for hydroxylation is 1. The van der Waals surface area contributed by atoms with Crippen molar-refractivity contribution in [1.82, 2.24) is 4.57 Å². The minimum Gasteiger partial charge on any atom is -0.497 e. The van der Waals surface area contributed by atoms with Gasteiger partial charge in [-0.1, -0.05) is 90.2 Å². The van der Waals surface area contributed by atoms with Gasteiger partial charge in [0.25, 0.3) is 5.56 Å². The first-order valence-corrected chi connectivity index (χ1v) is 17.7. The van der Waals surface area contributed by atoms with Gasteiger partial charge in [-0.15, -0.1) is 0 Å². The zero-order valence-electron chi connectivity index (χ0n) is 26.4. The van der Waals surface area contributed by atoms with Crippen LogP contribution in [0.1, 0.15) is 40.3 Å². The van der Waals surface area contributed by atoms with Crippen molar-refractivity contribution in [3.63, 3.8) is 0 Å². The van der Waals surface area contributed by atoms with Crippen molar-refractivity contribution in [3.8, 4) is 17.2 Å². The minimum absolute atomic E-state index is 0.0600. The molecule has 2 aliphatic rings. The molecule has 5 aromatic carbocycles. The number of allylic oxidation sites excluding steroid dienone is 1. The molecule has 0 spiro atoms. The summed E-state index contributed by atoms with van der Waals surface area (Å²) in [6, 6.07) is 34.8.